The number of nitrogens with one attached hydrogen (secondary N) is 1. The Balaban J connectivity index is 1.70. The third kappa shape index (κ3) is 4.53. The average molecular weight is 480 g/mol. The molecule has 5 heteroatoms. The lowest BCUT2D eigenvalue weighted by atomic mass is 9.72. The van der Waals surface area contributed by atoms with Gasteiger partial charge < -0.3 is 15.1 Å². The van der Waals surface area contributed by atoms with Gasteiger partial charge in [0.05, 0.1) is 29.8 Å². The molecule has 1 aliphatic carbocycles. The van der Waals surface area contributed by atoms with Crippen LogP contribution >= 0.6 is 0 Å². The zero-order valence-corrected chi connectivity index (χ0v) is 21.4. The Morgan fingerprint density at radius 3 is 2.33 bits per heavy atom. The van der Waals surface area contributed by atoms with Gasteiger partial charge in [0.25, 0.3) is 0 Å². The van der Waals surface area contributed by atoms with Crippen molar-refractivity contribution < 1.29 is 9.59 Å². The maximum Gasteiger partial charge on any atom is 0.232 e. The number of carbonyl (C=O) groups excluding carboxylic acids is 2. The van der Waals surface area contributed by atoms with Crippen molar-refractivity contribution in [3.8, 4) is 0 Å². The zero-order valence-electron chi connectivity index (χ0n) is 21.4. The molecule has 184 valence electrons. The van der Waals surface area contributed by atoms with E-state index in [1.165, 1.54) is 0 Å². The highest BCUT2D eigenvalue weighted by Crippen LogP contribution is 2.48. The molecule has 0 fully saturated rings. The van der Waals surface area contributed by atoms with Crippen LogP contribution in [0.15, 0.2) is 90.6 Å². The summed E-state index contributed by atoms with van der Waals surface area (Å²) in [6.45, 7) is 4.18. The van der Waals surface area contributed by atoms with Crippen molar-refractivity contribution in [1.29, 1.82) is 0 Å². The van der Waals surface area contributed by atoms with Crippen LogP contribution in [0.25, 0.3) is 0 Å². The first kappa shape index (κ1) is 23.9. The van der Waals surface area contributed by atoms with Crippen molar-refractivity contribution in [1.82, 2.24) is 0 Å². The molecule has 0 saturated heterocycles. The lowest BCUT2D eigenvalue weighted by Crippen LogP contribution is -2.44. The Morgan fingerprint density at radius 2 is 1.64 bits per heavy atom. The van der Waals surface area contributed by atoms with Crippen molar-refractivity contribution >= 4 is 28.8 Å². The second-order valence-corrected chi connectivity index (χ2v) is 10.7. The standard InChI is InChI=1S/C31H33N3O2/c1-31(2)19-25-29(27(35)20-31)30(22-14-16-23(17-15-22)33(3)4)34(26-13-9-8-12-24(26)32-25)28(36)18-21-10-6-5-7-11-21/h5-17,19,29-30,32H,18,20H2,1-4H3/t29-,30-/m0/s1. The topological polar surface area (TPSA) is 52.7 Å². The molecule has 0 spiro atoms. The Morgan fingerprint density at radius 1 is 0.972 bits per heavy atom. The van der Waals surface area contributed by atoms with Crippen molar-refractivity contribution in [3.05, 3.63) is 102 Å². The minimum Gasteiger partial charge on any atom is -0.378 e. The van der Waals surface area contributed by atoms with Crippen molar-refractivity contribution in [2.75, 3.05) is 29.2 Å². The molecule has 2 aliphatic rings. The van der Waals surface area contributed by atoms with Gasteiger partial charge in [-0.25, -0.2) is 0 Å². The van der Waals surface area contributed by atoms with E-state index >= 15 is 0 Å². The quantitative estimate of drug-likeness (QED) is 0.499. The first-order chi connectivity index (χ1) is 17.2. The van der Waals surface area contributed by atoms with Gasteiger partial charge >= 0.3 is 0 Å². The van der Waals surface area contributed by atoms with E-state index in [1.807, 2.05) is 78.5 Å². The van der Waals surface area contributed by atoms with Crippen LogP contribution < -0.4 is 15.1 Å². The van der Waals surface area contributed by atoms with E-state index in [0.717, 1.165) is 33.9 Å². The largest absolute Gasteiger partial charge is 0.378 e. The second-order valence-electron chi connectivity index (χ2n) is 10.7. The lowest BCUT2D eigenvalue weighted by Gasteiger charge is -2.39. The smallest absolute Gasteiger partial charge is 0.232 e. The molecule has 1 amide bonds. The van der Waals surface area contributed by atoms with Crippen LogP contribution in [-0.4, -0.2) is 25.8 Å². The summed E-state index contributed by atoms with van der Waals surface area (Å²) < 4.78 is 0. The number of anilines is 3. The monoisotopic (exact) mass is 479 g/mol. The number of hydrogen-bond acceptors (Lipinski definition) is 4. The second kappa shape index (κ2) is 9.30. The summed E-state index contributed by atoms with van der Waals surface area (Å²) in [5.41, 5.74) is 5.22. The molecule has 2 atom stereocenters. The predicted octanol–water partition coefficient (Wildman–Crippen LogP) is 5.99. The van der Waals surface area contributed by atoms with Gasteiger partial charge in [0.2, 0.25) is 5.91 Å². The van der Waals surface area contributed by atoms with Crippen LogP contribution in [-0.2, 0) is 16.0 Å². The Kier molecular flexibility index (Phi) is 6.17. The number of Topliss-reactive ketones (excluding diaryl/α,β-unsaturated/α-hetero) is 1. The Hall–Kier alpha value is -3.86. The third-order valence-corrected chi connectivity index (χ3v) is 7.11. The summed E-state index contributed by atoms with van der Waals surface area (Å²) in [6, 6.07) is 25.4. The average Bonchev–Trinajstić information content (AvgIpc) is 2.98. The van der Waals surface area contributed by atoms with Gasteiger partial charge in [-0.2, -0.15) is 0 Å². The number of amides is 1. The molecule has 0 saturated carbocycles. The number of benzene rings is 3. The number of hydrogen-bond donors (Lipinski definition) is 1. The molecule has 0 bridgehead atoms. The SMILES string of the molecule is CN(C)c1ccc([C@H]2[C@@H]3C(=O)CC(C)(C)C=C3Nc3ccccc3N2C(=O)Cc2ccccc2)cc1. The molecule has 0 radical (unpaired) electrons. The van der Waals surface area contributed by atoms with Crippen molar-refractivity contribution in [3.63, 3.8) is 0 Å². The molecule has 1 N–H and O–H groups in total. The van der Waals surface area contributed by atoms with Crippen LogP contribution in [0, 0.1) is 11.3 Å². The van der Waals surface area contributed by atoms with E-state index in [1.54, 1.807) is 0 Å². The van der Waals surface area contributed by atoms with Crippen molar-refractivity contribution in [2.45, 2.75) is 32.7 Å². The summed E-state index contributed by atoms with van der Waals surface area (Å²) in [5, 5.41) is 3.56. The van der Waals surface area contributed by atoms with E-state index in [9.17, 15) is 9.59 Å². The number of para-hydroxylation sites is 2. The first-order valence-electron chi connectivity index (χ1n) is 12.5. The Labute approximate surface area is 213 Å². The van der Waals surface area contributed by atoms with Gasteiger partial charge in [0.1, 0.15) is 5.78 Å². The fourth-order valence-corrected chi connectivity index (χ4v) is 5.45. The number of allylic oxidation sites excluding steroid dienone is 1. The minimum absolute atomic E-state index is 0.0315. The molecule has 3 aromatic rings. The highest BCUT2D eigenvalue weighted by atomic mass is 16.2. The molecule has 0 aromatic heterocycles. The van der Waals surface area contributed by atoms with E-state index in [-0.39, 0.29) is 23.5 Å². The molecule has 3 aromatic carbocycles. The summed E-state index contributed by atoms with van der Waals surface area (Å²) in [7, 11) is 4.01. The van der Waals surface area contributed by atoms with Gasteiger partial charge in [0.15, 0.2) is 0 Å². The third-order valence-electron chi connectivity index (χ3n) is 7.11. The zero-order chi connectivity index (χ0) is 25.4. The van der Waals surface area contributed by atoms with Crippen LogP contribution in [0.1, 0.15) is 37.4 Å². The summed E-state index contributed by atoms with van der Waals surface area (Å²) >= 11 is 0. The maximum atomic E-state index is 14.1. The van der Waals surface area contributed by atoms with Gasteiger partial charge in [-0.3, -0.25) is 9.59 Å². The normalized spacial score (nSPS) is 20.4. The number of ketones is 1. The summed E-state index contributed by atoms with van der Waals surface area (Å²) in [6.07, 6.45) is 2.88. The first-order valence-corrected chi connectivity index (χ1v) is 12.5. The van der Waals surface area contributed by atoms with Gasteiger partial charge in [-0.15, -0.1) is 0 Å². The number of carbonyl (C=O) groups is 2. The molecule has 0 unspecified atom stereocenters. The lowest BCUT2D eigenvalue weighted by molar-refractivity contribution is -0.125. The van der Waals surface area contributed by atoms with Gasteiger partial charge in [0, 0.05) is 31.9 Å². The molecule has 5 rings (SSSR count). The highest BCUT2D eigenvalue weighted by molar-refractivity contribution is 6.02. The molecule has 1 heterocycles. The molecule has 1 aliphatic heterocycles. The fourth-order valence-electron chi connectivity index (χ4n) is 5.45. The highest BCUT2D eigenvalue weighted by Gasteiger charge is 2.46. The molecule has 5 nitrogen and oxygen atoms in total. The van der Waals surface area contributed by atoms with E-state index < -0.39 is 12.0 Å². The predicted molar refractivity (Wildman–Crippen MR) is 146 cm³/mol. The van der Waals surface area contributed by atoms with E-state index in [0.29, 0.717) is 6.42 Å². The van der Waals surface area contributed by atoms with Crippen LogP contribution in [0.2, 0.25) is 0 Å². The van der Waals surface area contributed by atoms with Crippen LogP contribution in [0.3, 0.4) is 0 Å². The fraction of sp³-hybridized carbons (Fsp3) is 0.290. The van der Waals surface area contributed by atoms with E-state index in [2.05, 4.69) is 49.5 Å². The molecule has 36 heavy (non-hydrogen) atoms. The number of nitrogens with zero attached hydrogens (tertiary/aromatic N) is 2. The van der Waals surface area contributed by atoms with E-state index in [4.69, 9.17) is 0 Å². The summed E-state index contributed by atoms with van der Waals surface area (Å²) in [4.78, 5) is 31.8. The number of fused-ring (bicyclic) bond motifs is 2. The molecular weight excluding hydrogens is 446 g/mol. The molecular formula is C31H33N3O2. The summed E-state index contributed by atoms with van der Waals surface area (Å²) in [5.74, 6) is -0.358. The minimum atomic E-state index is -0.477. The number of rotatable bonds is 4. The Bertz CT molecular complexity index is 1310. The van der Waals surface area contributed by atoms with Crippen LogP contribution in [0.5, 0.6) is 0 Å². The van der Waals surface area contributed by atoms with Gasteiger partial charge in [-0.05, 0) is 40.8 Å². The van der Waals surface area contributed by atoms with Gasteiger partial charge in [-0.1, -0.05) is 74.5 Å². The van der Waals surface area contributed by atoms with Crippen LogP contribution in [0.4, 0.5) is 17.1 Å². The van der Waals surface area contributed by atoms with Crippen molar-refractivity contribution in [2.24, 2.45) is 11.3 Å². The maximum absolute atomic E-state index is 14.1.